The number of piperazine rings is 1. The molecule has 0 unspecified atom stereocenters. The lowest BCUT2D eigenvalue weighted by molar-refractivity contribution is -0.0503. The van der Waals surface area contributed by atoms with E-state index in [1.54, 1.807) is 35.2 Å². The summed E-state index contributed by atoms with van der Waals surface area (Å²) in [6.45, 7) is -1.78. The minimum atomic E-state index is -3.01. The van der Waals surface area contributed by atoms with Gasteiger partial charge in [-0.15, -0.1) is 0 Å². The molecular formula is C19H17ClF2N2O3. The van der Waals surface area contributed by atoms with Crippen molar-refractivity contribution in [2.24, 2.45) is 0 Å². The molecule has 2 aromatic carbocycles. The molecule has 8 heteroatoms. The highest BCUT2D eigenvalue weighted by atomic mass is 35.5. The molecule has 0 aromatic heterocycles. The maximum absolute atomic E-state index is 12.7. The average molecular weight is 395 g/mol. The smallest absolute Gasteiger partial charge is 0.387 e. The Hall–Kier alpha value is -2.67. The van der Waals surface area contributed by atoms with Gasteiger partial charge in [-0.2, -0.15) is 8.78 Å². The Kier molecular flexibility index (Phi) is 5.91. The molecule has 0 bridgehead atoms. The summed E-state index contributed by atoms with van der Waals surface area (Å²) in [6.07, 6.45) is 0. The number of para-hydroxylation sites is 1. The molecular weight excluding hydrogens is 378 g/mol. The van der Waals surface area contributed by atoms with E-state index in [-0.39, 0.29) is 30.3 Å². The lowest BCUT2D eigenvalue weighted by atomic mass is 10.1. The van der Waals surface area contributed by atoms with Gasteiger partial charge >= 0.3 is 6.61 Å². The first-order chi connectivity index (χ1) is 13.0. The highest BCUT2D eigenvalue weighted by molar-refractivity contribution is 6.33. The number of benzene rings is 2. The van der Waals surface area contributed by atoms with Crippen molar-refractivity contribution in [2.75, 3.05) is 26.2 Å². The van der Waals surface area contributed by atoms with Gasteiger partial charge in [0.15, 0.2) is 0 Å². The summed E-state index contributed by atoms with van der Waals surface area (Å²) in [6, 6.07) is 12.7. The van der Waals surface area contributed by atoms with Crippen molar-refractivity contribution >= 4 is 23.4 Å². The number of carbonyl (C=O) groups is 2. The Morgan fingerprint density at radius 2 is 1.33 bits per heavy atom. The molecule has 5 nitrogen and oxygen atoms in total. The zero-order chi connectivity index (χ0) is 19.4. The number of nitrogens with zero attached hydrogens (tertiary/aromatic N) is 2. The predicted molar refractivity (Wildman–Crippen MR) is 96.3 cm³/mol. The molecule has 0 spiro atoms. The van der Waals surface area contributed by atoms with Gasteiger partial charge in [0.2, 0.25) is 0 Å². The van der Waals surface area contributed by atoms with Crippen molar-refractivity contribution in [3.63, 3.8) is 0 Å². The van der Waals surface area contributed by atoms with Crippen molar-refractivity contribution in [3.05, 3.63) is 64.7 Å². The van der Waals surface area contributed by atoms with Crippen LogP contribution in [0, 0.1) is 0 Å². The van der Waals surface area contributed by atoms with Crippen LogP contribution in [0.4, 0.5) is 8.78 Å². The molecule has 0 radical (unpaired) electrons. The fourth-order valence-electron chi connectivity index (χ4n) is 2.93. The first-order valence-electron chi connectivity index (χ1n) is 8.34. The third kappa shape index (κ3) is 4.36. The molecule has 0 saturated carbocycles. The van der Waals surface area contributed by atoms with Crippen LogP contribution in [0.3, 0.4) is 0 Å². The fraction of sp³-hybridized carbons (Fsp3) is 0.263. The molecule has 1 fully saturated rings. The highest BCUT2D eigenvalue weighted by Crippen LogP contribution is 2.23. The minimum absolute atomic E-state index is 0.0729. The Bertz CT molecular complexity index is 839. The second-order valence-electron chi connectivity index (χ2n) is 5.94. The zero-order valence-corrected chi connectivity index (χ0v) is 15.0. The molecule has 1 saturated heterocycles. The number of rotatable bonds is 4. The topological polar surface area (TPSA) is 49.9 Å². The van der Waals surface area contributed by atoms with Crippen molar-refractivity contribution in [1.82, 2.24) is 9.80 Å². The van der Waals surface area contributed by atoms with Gasteiger partial charge in [-0.25, -0.2) is 0 Å². The molecule has 1 aliphatic heterocycles. The van der Waals surface area contributed by atoms with E-state index in [0.29, 0.717) is 23.7 Å². The minimum Gasteiger partial charge on any atom is -0.434 e. The van der Waals surface area contributed by atoms with Crippen LogP contribution in [0.1, 0.15) is 20.7 Å². The van der Waals surface area contributed by atoms with Crippen molar-refractivity contribution in [2.45, 2.75) is 6.61 Å². The first-order valence-corrected chi connectivity index (χ1v) is 8.72. The molecule has 0 N–H and O–H groups in total. The van der Waals surface area contributed by atoms with Crippen molar-refractivity contribution in [1.29, 1.82) is 0 Å². The van der Waals surface area contributed by atoms with Gasteiger partial charge < -0.3 is 14.5 Å². The van der Waals surface area contributed by atoms with Gasteiger partial charge in [0.1, 0.15) is 5.75 Å². The third-order valence-corrected chi connectivity index (χ3v) is 4.62. The standard InChI is InChI=1S/C19H17ClF2N2O3/c20-15-7-3-1-5-13(15)17(25)23-9-11-24(12-10-23)18(26)14-6-2-4-8-16(14)27-19(21)22/h1-8,19H,9-12H2. The maximum atomic E-state index is 12.7. The Morgan fingerprint density at radius 1 is 0.852 bits per heavy atom. The van der Waals surface area contributed by atoms with Gasteiger partial charge in [-0.05, 0) is 24.3 Å². The van der Waals surface area contributed by atoms with E-state index in [4.69, 9.17) is 11.6 Å². The highest BCUT2D eigenvalue weighted by Gasteiger charge is 2.28. The van der Waals surface area contributed by atoms with Crippen LogP contribution in [0.5, 0.6) is 5.75 Å². The SMILES string of the molecule is O=C(c1ccccc1Cl)N1CCN(C(=O)c2ccccc2OC(F)F)CC1. The van der Waals surface area contributed by atoms with Gasteiger partial charge in [0.25, 0.3) is 11.8 Å². The summed E-state index contributed by atoms with van der Waals surface area (Å²) in [7, 11) is 0. The van der Waals surface area contributed by atoms with Crippen LogP contribution in [0.25, 0.3) is 0 Å². The van der Waals surface area contributed by atoms with E-state index in [9.17, 15) is 18.4 Å². The molecule has 2 amide bonds. The quantitative estimate of drug-likeness (QED) is 0.797. The molecule has 1 heterocycles. The summed E-state index contributed by atoms with van der Waals surface area (Å²) >= 11 is 6.07. The number of hydrogen-bond donors (Lipinski definition) is 0. The van der Waals surface area contributed by atoms with Crippen molar-refractivity contribution in [3.8, 4) is 5.75 Å². The molecule has 1 aliphatic rings. The molecule has 0 atom stereocenters. The second-order valence-corrected chi connectivity index (χ2v) is 6.35. The number of ether oxygens (including phenoxy) is 1. The van der Waals surface area contributed by atoms with Crippen LogP contribution >= 0.6 is 11.6 Å². The zero-order valence-electron chi connectivity index (χ0n) is 14.3. The Morgan fingerprint density at radius 3 is 1.89 bits per heavy atom. The molecule has 2 aromatic rings. The summed E-state index contributed by atoms with van der Waals surface area (Å²) < 4.78 is 29.5. The van der Waals surface area contributed by atoms with E-state index in [2.05, 4.69) is 4.74 Å². The molecule has 27 heavy (non-hydrogen) atoms. The number of carbonyl (C=O) groups excluding carboxylic acids is 2. The summed E-state index contributed by atoms with van der Waals surface area (Å²) in [5.41, 5.74) is 0.485. The van der Waals surface area contributed by atoms with Crippen LogP contribution in [-0.4, -0.2) is 54.4 Å². The Labute approximate surface area is 160 Å². The monoisotopic (exact) mass is 394 g/mol. The molecule has 3 rings (SSSR count). The number of halogens is 3. The van der Waals surface area contributed by atoms with E-state index in [0.717, 1.165) is 0 Å². The predicted octanol–water partition coefficient (Wildman–Crippen LogP) is 3.54. The van der Waals surface area contributed by atoms with Gasteiger partial charge in [-0.1, -0.05) is 35.9 Å². The summed E-state index contributed by atoms with van der Waals surface area (Å²) in [4.78, 5) is 28.4. The van der Waals surface area contributed by atoms with E-state index in [1.807, 2.05) is 0 Å². The largest absolute Gasteiger partial charge is 0.434 e. The van der Waals surface area contributed by atoms with E-state index >= 15 is 0 Å². The third-order valence-electron chi connectivity index (χ3n) is 4.29. The summed E-state index contributed by atoms with van der Waals surface area (Å²) in [5, 5.41) is 0.374. The normalized spacial score (nSPS) is 14.4. The molecule has 0 aliphatic carbocycles. The van der Waals surface area contributed by atoms with Gasteiger partial charge in [0.05, 0.1) is 16.1 Å². The van der Waals surface area contributed by atoms with Crippen LogP contribution in [0.15, 0.2) is 48.5 Å². The lowest BCUT2D eigenvalue weighted by Crippen LogP contribution is -2.50. The van der Waals surface area contributed by atoms with Crippen molar-refractivity contribution < 1.29 is 23.1 Å². The van der Waals surface area contributed by atoms with Crippen LogP contribution in [0.2, 0.25) is 5.02 Å². The lowest BCUT2D eigenvalue weighted by Gasteiger charge is -2.35. The number of amides is 2. The molecule has 142 valence electrons. The fourth-order valence-corrected chi connectivity index (χ4v) is 3.15. The van der Waals surface area contributed by atoms with Gasteiger partial charge in [-0.3, -0.25) is 9.59 Å². The second kappa shape index (κ2) is 8.35. The Balaban J connectivity index is 1.67. The first kappa shape index (κ1) is 19.1. The van der Waals surface area contributed by atoms with E-state index in [1.165, 1.54) is 23.1 Å². The average Bonchev–Trinajstić information content (AvgIpc) is 2.67. The summed E-state index contributed by atoms with van der Waals surface area (Å²) in [5.74, 6) is -0.766. The van der Waals surface area contributed by atoms with E-state index < -0.39 is 12.5 Å². The van der Waals surface area contributed by atoms with Gasteiger partial charge in [0, 0.05) is 26.2 Å². The number of hydrogen-bond acceptors (Lipinski definition) is 3. The van der Waals surface area contributed by atoms with Crippen LogP contribution < -0.4 is 4.74 Å². The maximum Gasteiger partial charge on any atom is 0.387 e. The van der Waals surface area contributed by atoms with Crippen LogP contribution in [-0.2, 0) is 0 Å². The number of alkyl halides is 2.